The molecular weight excluding hydrogens is 244 g/mol. The number of nitrogens with two attached hydrogens (primary N) is 1. The molecule has 0 aromatic rings. The molecule has 0 aliphatic carbocycles. The molecule has 0 spiro atoms. The number of hydrogen-bond donors (Lipinski definition) is 4. The van der Waals surface area contributed by atoms with Gasteiger partial charge in [0.25, 0.3) is 0 Å². The van der Waals surface area contributed by atoms with E-state index in [2.05, 4.69) is 15.8 Å². The third-order valence-electron chi connectivity index (χ3n) is 3.05. The maximum Gasteiger partial charge on any atom is 0.237 e. The second kappa shape index (κ2) is 7.99. The molecule has 0 fully saturated rings. The first-order valence-electron chi connectivity index (χ1n) is 6.72. The van der Waals surface area contributed by atoms with Crippen LogP contribution in [0.15, 0.2) is 5.16 Å². The van der Waals surface area contributed by atoms with Crippen LogP contribution in [0.4, 0.5) is 0 Å². The van der Waals surface area contributed by atoms with Gasteiger partial charge < -0.3 is 21.6 Å². The minimum Gasteiger partial charge on any atom is -0.409 e. The summed E-state index contributed by atoms with van der Waals surface area (Å²) in [6.07, 6.45) is 1.64. The van der Waals surface area contributed by atoms with E-state index in [1.54, 1.807) is 0 Å². The molecular formula is C13H28N4O2. The number of hydrogen-bond acceptors (Lipinski definition) is 4. The summed E-state index contributed by atoms with van der Waals surface area (Å²) in [5.74, 6) is 0.240. The molecule has 1 amide bonds. The summed E-state index contributed by atoms with van der Waals surface area (Å²) in [6, 6.07) is -0.0642. The molecule has 0 bridgehead atoms. The van der Waals surface area contributed by atoms with Crippen molar-refractivity contribution in [2.75, 3.05) is 6.54 Å². The number of amides is 1. The lowest BCUT2D eigenvalue weighted by Gasteiger charge is -2.23. The summed E-state index contributed by atoms with van der Waals surface area (Å²) in [5, 5.41) is 17.7. The number of carbonyl (C=O) groups excluding carboxylic acids is 1. The normalized spacial score (nSPS) is 14.5. The fourth-order valence-electron chi connectivity index (χ4n) is 1.61. The molecule has 0 heterocycles. The molecule has 0 saturated heterocycles. The van der Waals surface area contributed by atoms with Gasteiger partial charge in [0.2, 0.25) is 5.91 Å². The topological polar surface area (TPSA) is 99.7 Å². The third kappa shape index (κ3) is 7.00. The van der Waals surface area contributed by atoms with E-state index in [9.17, 15) is 4.79 Å². The van der Waals surface area contributed by atoms with E-state index in [0.717, 1.165) is 19.4 Å². The Hall–Kier alpha value is -1.30. The molecule has 0 saturated carbocycles. The van der Waals surface area contributed by atoms with Gasteiger partial charge in [-0.2, -0.15) is 0 Å². The van der Waals surface area contributed by atoms with Crippen molar-refractivity contribution in [3.05, 3.63) is 0 Å². The zero-order valence-corrected chi connectivity index (χ0v) is 12.7. The van der Waals surface area contributed by atoms with Crippen LogP contribution in [-0.4, -0.2) is 35.6 Å². The highest BCUT2D eigenvalue weighted by Crippen LogP contribution is 2.21. The predicted octanol–water partition coefficient (Wildman–Crippen LogP) is 1.04. The summed E-state index contributed by atoms with van der Waals surface area (Å²) >= 11 is 0. The second-order valence-electron chi connectivity index (χ2n) is 5.81. The largest absolute Gasteiger partial charge is 0.409 e. The second-order valence-corrected chi connectivity index (χ2v) is 5.81. The Morgan fingerprint density at radius 3 is 2.42 bits per heavy atom. The molecule has 5 N–H and O–H groups in total. The van der Waals surface area contributed by atoms with E-state index >= 15 is 0 Å². The van der Waals surface area contributed by atoms with Crippen molar-refractivity contribution in [2.45, 2.75) is 59.5 Å². The van der Waals surface area contributed by atoms with Gasteiger partial charge in [0.1, 0.15) is 5.84 Å². The molecule has 0 aliphatic heterocycles. The van der Waals surface area contributed by atoms with Crippen molar-refractivity contribution in [1.82, 2.24) is 10.6 Å². The fraction of sp³-hybridized carbons (Fsp3) is 0.846. The summed E-state index contributed by atoms with van der Waals surface area (Å²) in [4.78, 5) is 11.7. The highest BCUT2D eigenvalue weighted by atomic mass is 16.4. The first-order chi connectivity index (χ1) is 8.70. The Morgan fingerprint density at radius 2 is 1.95 bits per heavy atom. The summed E-state index contributed by atoms with van der Waals surface area (Å²) in [5.41, 5.74) is 5.28. The number of amidine groups is 1. The van der Waals surface area contributed by atoms with Gasteiger partial charge in [-0.1, -0.05) is 19.0 Å². The Morgan fingerprint density at radius 1 is 1.37 bits per heavy atom. The quantitative estimate of drug-likeness (QED) is 0.174. The van der Waals surface area contributed by atoms with E-state index in [4.69, 9.17) is 10.9 Å². The van der Waals surface area contributed by atoms with Crippen molar-refractivity contribution >= 4 is 11.7 Å². The maximum atomic E-state index is 11.7. The van der Waals surface area contributed by atoms with Crippen LogP contribution in [0.5, 0.6) is 0 Å². The van der Waals surface area contributed by atoms with Crippen LogP contribution < -0.4 is 16.4 Å². The molecule has 112 valence electrons. The van der Waals surface area contributed by atoms with Gasteiger partial charge in [-0.25, -0.2) is 0 Å². The molecule has 0 rings (SSSR count). The molecule has 0 aliphatic rings. The third-order valence-corrected chi connectivity index (χ3v) is 3.05. The molecule has 0 aromatic heterocycles. The maximum absolute atomic E-state index is 11.7. The minimum absolute atomic E-state index is 0.00527. The van der Waals surface area contributed by atoms with Gasteiger partial charge in [0.15, 0.2) is 0 Å². The van der Waals surface area contributed by atoms with E-state index in [1.807, 2.05) is 34.6 Å². The summed E-state index contributed by atoms with van der Waals surface area (Å²) in [7, 11) is 0. The zero-order valence-electron chi connectivity index (χ0n) is 12.7. The van der Waals surface area contributed by atoms with E-state index < -0.39 is 0 Å². The Bertz CT molecular complexity index is 314. The molecule has 19 heavy (non-hydrogen) atoms. The zero-order chi connectivity index (χ0) is 15.1. The number of oxime groups is 1. The monoisotopic (exact) mass is 272 g/mol. The molecule has 6 heteroatoms. The van der Waals surface area contributed by atoms with Crippen LogP contribution in [-0.2, 0) is 4.79 Å². The van der Waals surface area contributed by atoms with Gasteiger partial charge in [0.05, 0.1) is 6.04 Å². The molecule has 6 nitrogen and oxygen atoms in total. The average molecular weight is 272 g/mol. The Kier molecular flexibility index (Phi) is 7.44. The van der Waals surface area contributed by atoms with Crippen molar-refractivity contribution in [1.29, 1.82) is 0 Å². The van der Waals surface area contributed by atoms with E-state index in [-0.39, 0.29) is 29.2 Å². The van der Waals surface area contributed by atoms with Crippen LogP contribution >= 0.6 is 0 Å². The molecule has 0 radical (unpaired) electrons. The number of carbonyl (C=O) groups is 1. The van der Waals surface area contributed by atoms with Crippen LogP contribution in [0, 0.1) is 5.41 Å². The molecule has 1 unspecified atom stereocenters. The standard InChI is InChI=1S/C13H28N4O2/c1-9(2)16-11(18)10(3)15-8-6-7-13(4,5)12(14)17-19/h9-10,15,19H,6-8H2,1-5H3,(H2,14,17)(H,16,18). The van der Waals surface area contributed by atoms with Crippen molar-refractivity contribution < 1.29 is 10.0 Å². The lowest BCUT2D eigenvalue weighted by molar-refractivity contribution is -0.123. The molecule has 0 aromatic carbocycles. The van der Waals surface area contributed by atoms with Crippen LogP contribution in [0.1, 0.15) is 47.5 Å². The fourth-order valence-corrected chi connectivity index (χ4v) is 1.61. The first-order valence-corrected chi connectivity index (χ1v) is 6.72. The van der Waals surface area contributed by atoms with E-state index in [1.165, 1.54) is 0 Å². The van der Waals surface area contributed by atoms with Gasteiger partial charge in [-0.15, -0.1) is 0 Å². The highest BCUT2D eigenvalue weighted by Gasteiger charge is 2.23. The van der Waals surface area contributed by atoms with Gasteiger partial charge >= 0.3 is 0 Å². The summed E-state index contributed by atoms with van der Waals surface area (Å²) < 4.78 is 0. The number of rotatable bonds is 8. The van der Waals surface area contributed by atoms with Crippen LogP contribution in [0.3, 0.4) is 0 Å². The van der Waals surface area contributed by atoms with Crippen molar-refractivity contribution in [2.24, 2.45) is 16.3 Å². The molecule has 1 atom stereocenters. The minimum atomic E-state index is -0.333. The Labute approximate surface area is 115 Å². The van der Waals surface area contributed by atoms with Crippen LogP contribution in [0.2, 0.25) is 0 Å². The smallest absolute Gasteiger partial charge is 0.237 e. The lowest BCUT2D eigenvalue weighted by atomic mass is 9.86. The Balaban J connectivity index is 3.95. The van der Waals surface area contributed by atoms with Gasteiger partial charge in [0, 0.05) is 11.5 Å². The van der Waals surface area contributed by atoms with Gasteiger partial charge in [-0.05, 0) is 40.2 Å². The average Bonchev–Trinajstić information content (AvgIpc) is 2.32. The van der Waals surface area contributed by atoms with Gasteiger partial charge in [-0.3, -0.25) is 4.79 Å². The predicted molar refractivity (Wildman–Crippen MR) is 77.2 cm³/mol. The number of nitrogens with one attached hydrogen (secondary N) is 2. The summed E-state index contributed by atoms with van der Waals surface area (Å²) in [6.45, 7) is 10.3. The first kappa shape index (κ1) is 17.7. The highest BCUT2D eigenvalue weighted by molar-refractivity contribution is 5.85. The van der Waals surface area contributed by atoms with Crippen molar-refractivity contribution in [3.8, 4) is 0 Å². The van der Waals surface area contributed by atoms with E-state index in [0.29, 0.717) is 0 Å². The number of nitrogens with zero attached hydrogens (tertiary/aromatic N) is 1. The lowest BCUT2D eigenvalue weighted by Crippen LogP contribution is -2.45. The SMILES string of the molecule is CC(C)NC(=O)C(C)NCCCC(C)(C)C(N)=NO. The van der Waals surface area contributed by atoms with Crippen LogP contribution in [0.25, 0.3) is 0 Å². The van der Waals surface area contributed by atoms with Crippen molar-refractivity contribution in [3.63, 3.8) is 0 Å².